The van der Waals surface area contributed by atoms with E-state index in [-0.39, 0.29) is 6.54 Å². The van der Waals surface area contributed by atoms with Crippen LogP contribution in [0.1, 0.15) is 12.0 Å². The van der Waals surface area contributed by atoms with Gasteiger partial charge in [0.25, 0.3) is 5.92 Å². The van der Waals surface area contributed by atoms with Crippen LogP contribution in [-0.4, -0.2) is 37.0 Å². The molecule has 0 radical (unpaired) electrons. The average Bonchev–Trinajstić information content (AvgIpc) is 2.88. The second kappa shape index (κ2) is 4.28. The van der Waals surface area contributed by atoms with Gasteiger partial charge in [-0.05, 0) is 18.5 Å². The minimum atomic E-state index is -2.56. The zero-order chi connectivity index (χ0) is 12.6. The number of nitrogens with one attached hydrogen (secondary N) is 1. The van der Waals surface area contributed by atoms with Gasteiger partial charge < -0.3 is 5.32 Å². The lowest BCUT2D eigenvalue weighted by molar-refractivity contribution is -0.0747. The summed E-state index contributed by atoms with van der Waals surface area (Å²) in [5.74, 6) is -2.56. The SMILES string of the molecule is FC1(F)CN(Cc2ccccc2)CC12CCNC2. The van der Waals surface area contributed by atoms with E-state index in [2.05, 4.69) is 5.32 Å². The maximum atomic E-state index is 14.2. The van der Waals surface area contributed by atoms with Crippen molar-refractivity contribution < 1.29 is 8.78 Å². The minimum Gasteiger partial charge on any atom is -0.316 e. The van der Waals surface area contributed by atoms with Gasteiger partial charge in [0.2, 0.25) is 0 Å². The molecule has 2 heterocycles. The largest absolute Gasteiger partial charge is 0.316 e. The van der Waals surface area contributed by atoms with Crippen molar-refractivity contribution in [2.45, 2.75) is 18.9 Å². The monoisotopic (exact) mass is 252 g/mol. The third-order valence-electron chi connectivity index (χ3n) is 4.22. The van der Waals surface area contributed by atoms with Gasteiger partial charge in [0.05, 0.1) is 12.0 Å². The molecule has 4 heteroatoms. The Balaban J connectivity index is 1.74. The Bertz CT molecular complexity index is 413. The highest BCUT2D eigenvalue weighted by molar-refractivity contribution is 5.16. The normalized spacial score (nSPS) is 31.2. The fourth-order valence-corrected chi connectivity index (χ4v) is 3.19. The number of alkyl halides is 2. The van der Waals surface area contributed by atoms with Crippen molar-refractivity contribution >= 4 is 0 Å². The summed E-state index contributed by atoms with van der Waals surface area (Å²) < 4.78 is 28.4. The molecule has 0 bridgehead atoms. The number of nitrogens with zero attached hydrogens (tertiary/aromatic N) is 1. The van der Waals surface area contributed by atoms with Crippen molar-refractivity contribution in [1.82, 2.24) is 10.2 Å². The first-order valence-corrected chi connectivity index (χ1v) is 6.46. The Kier molecular flexibility index (Phi) is 2.87. The lowest BCUT2D eigenvalue weighted by atomic mass is 9.83. The van der Waals surface area contributed by atoms with E-state index >= 15 is 0 Å². The van der Waals surface area contributed by atoms with Crippen molar-refractivity contribution in [3.8, 4) is 0 Å². The van der Waals surface area contributed by atoms with Gasteiger partial charge in [-0.2, -0.15) is 0 Å². The molecule has 0 aliphatic carbocycles. The number of likely N-dealkylation sites (tertiary alicyclic amines) is 1. The lowest BCUT2D eigenvalue weighted by Gasteiger charge is -2.28. The number of hydrogen-bond donors (Lipinski definition) is 1. The van der Waals surface area contributed by atoms with Gasteiger partial charge in [-0.25, -0.2) is 8.78 Å². The molecule has 98 valence electrons. The molecule has 2 saturated heterocycles. The zero-order valence-electron chi connectivity index (χ0n) is 10.3. The molecule has 1 aromatic carbocycles. The molecule has 1 aromatic rings. The van der Waals surface area contributed by atoms with E-state index < -0.39 is 11.3 Å². The van der Waals surface area contributed by atoms with Crippen LogP contribution in [0.15, 0.2) is 30.3 Å². The Hall–Kier alpha value is -1.00. The lowest BCUT2D eigenvalue weighted by Crippen LogP contribution is -2.41. The molecule has 1 atom stereocenters. The van der Waals surface area contributed by atoms with Gasteiger partial charge in [-0.3, -0.25) is 4.90 Å². The summed E-state index contributed by atoms with van der Waals surface area (Å²) in [5, 5.41) is 3.09. The third kappa shape index (κ3) is 1.93. The quantitative estimate of drug-likeness (QED) is 0.867. The Morgan fingerprint density at radius 1 is 1.17 bits per heavy atom. The van der Waals surface area contributed by atoms with Crippen LogP contribution in [0.3, 0.4) is 0 Å². The van der Waals surface area contributed by atoms with E-state index in [1.54, 1.807) is 0 Å². The summed E-state index contributed by atoms with van der Waals surface area (Å²) in [4.78, 5) is 1.89. The highest BCUT2D eigenvalue weighted by Crippen LogP contribution is 2.47. The van der Waals surface area contributed by atoms with Gasteiger partial charge in [0.15, 0.2) is 0 Å². The molecule has 2 aliphatic rings. The highest BCUT2D eigenvalue weighted by atomic mass is 19.3. The van der Waals surface area contributed by atoms with Gasteiger partial charge >= 0.3 is 0 Å². The molecule has 1 N–H and O–H groups in total. The van der Waals surface area contributed by atoms with Crippen molar-refractivity contribution in [2.75, 3.05) is 26.2 Å². The van der Waals surface area contributed by atoms with Crippen molar-refractivity contribution in [1.29, 1.82) is 0 Å². The van der Waals surface area contributed by atoms with Gasteiger partial charge in [-0.1, -0.05) is 30.3 Å². The Morgan fingerprint density at radius 2 is 1.94 bits per heavy atom. The summed E-state index contributed by atoms with van der Waals surface area (Å²) in [6, 6.07) is 9.85. The standard InChI is InChI=1S/C14H18F2N2/c15-14(16)11-18(8-12-4-2-1-3-5-12)10-13(14)6-7-17-9-13/h1-5,17H,6-11H2. The average molecular weight is 252 g/mol. The molecule has 2 fully saturated rings. The highest BCUT2D eigenvalue weighted by Gasteiger charge is 2.60. The summed E-state index contributed by atoms with van der Waals surface area (Å²) in [5.41, 5.74) is 0.276. The molecule has 0 amide bonds. The molecular weight excluding hydrogens is 234 g/mol. The molecule has 1 spiro atoms. The van der Waals surface area contributed by atoms with Crippen LogP contribution in [0.4, 0.5) is 8.78 Å². The first-order valence-electron chi connectivity index (χ1n) is 6.46. The second-order valence-corrected chi connectivity index (χ2v) is 5.54. The molecule has 1 unspecified atom stereocenters. The summed E-state index contributed by atoms with van der Waals surface area (Å²) >= 11 is 0. The van der Waals surface area contributed by atoms with E-state index in [1.165, 1.54) is 0 Å². The smallest absolute Gasteiger partial charge is 0.268 e. The molecule has 0 saturated carbocycles. The van der Waals surface area contributed by atoms with Crippen LogP contribution in [-0.2, 0) is 6.54 Å². The molecule has 0 aromatic heterocycles. The van der Waals surface area contributed by atoms with Crippen LogP contribution < -0.4 is 5.32 Å². The van der Waals surface area contributed by atoms with Crippen LogP contribution >= 0.6 is 0 Å². The summed E-state index contributed by atoms with van der Waals surface area (Å²) in [7, 11) is 0. The maximum absolute atomic E-state index is 14.2. The number of halogens is 2. The number of rotatable bonds is 2. The second-order valence-electron chi connectivity index (χ2n) is 5.54. The zero-order valence-corrected chi connectivity index (χ0v) is 10.3. The first kappa shape index (κ1) is 12.1. The van der Waals surface area contributed by atoms with Gasteiger partial charge in [-0.15, -0.1) is 0 Å². The molecule has 3 rings (SSSR count). The maximum Gasteiger partial charge on any atom is 0.268 e. The molecule has 18 heavy (non-hydrogen) atoms. The summed E-state index contributed by atoms with van der Waals surface area (Å²) in [6.45, 7) is 2.18. The Labute approximate surface area is 106 Å². The van der Waals surface area contributed by atoms with E-state index in [1.807, 2.05) is 35.2 Å². The van der Waals surface area contributed by atoms with E-state index in [0.717, 1.165) is 12.1 Å². The van der Waals surface area contributed by atoms with Crippen molar-refractivity contribution in [2.24, 2.45) is 5.41 Å². The topological polar surface area (TPSA) is 15.3 Å². The molecular formula is C14H18F2N2. The van der Waals surface area contributed by atoms with Crippen molar-refractivity contribution in [3.63, 3.8) is 0 Å². The molecule has 2 nitrogen and oxygen atoms in total. The van der Waals surface area contributed by atoms with E-state index in [9.17, 15) is 8.78 Å². The number of benzene rings is 1. The number of hydrogen-bond acceptors (Lipinski definition) is 2. The summed E-state index contributed by atoms with van der Waals surface area (Å²) in [6.07, 6.45) is 0.589. The fraction of sp³-hybridized carbons (Fsp3) is 0.571. The van der Waals surface area contributed by atoms with Crippen LogP contribution in [0.5, 0.6) is 0 Å². The third-order valence-corrected chi connectivity index (χ3v) is 4.22. The first-order chi connectivity index (χ1) is 8.61. The Morgan fingerprint density at radius 3 is 2.61 bits per heavy atom. The van der Waals surface area contributed by atoms with Crippen molar-refractivity contribution in [3.05, 3.63) is 35.9 Å². The molecule has 2 aliphatic heterocycles. The van der Waals surface area contributed by atoms with Crippen LogP contribution in [0.2, 0.25) is 0 Å². The minimum absolute atomic E-state index is 0.108. The van der Waals surface area contributed by atoms with Gasteiger partial charge in [0.1, 0.15) is 0 Å². The van der Waals surface area contributed by atoms with E-state index in [4.69, 9.17) is 0 Å². The van der Waals surface area contributed by atoms with Crippen LogP contribution in [0, 0.1) is 5.41 Å². The van der Waals surface area contributed by atoms with Gasteiger partial charge in [0, 0.05) is 19.6 Å². The fourth-order valence-electron chi connectivity index (χ4n) is 3.19. The van der Waals surface area contributed by atoms with E-state index in [0.29, 0.717) is 26.1 Å². The van der Waals surface area contributed by atoms with Crippen LogP contribution in [0.25, 0.3) is 0 Å². The predicted molar refractivity (Wildman–Crippen MR) is 66.6 cm³/mol. The predicted octanol–water partition coefficient (Wildman–Crippen LogP) is 2.12.